The maximum Gasteiger partial charge on any atom is 0.266 e. The minimum atomic E-state index is -2.87. The van der Waals surface area contributed by atoms with E-state index < -0.39 is 29.4 Å². The second-order valence-corrected chi connectivity index (χ2v) is 9.54. The van der Waals surface area contributed by atoms with Crippen molar-refractivity contribution >= 4 is 22.4 Å². The fraction of sp³-hybridized carbons (Fsp3) is 0.357. The van der Waals surface area contributed by atoms with Crippen molar-refractivity contribution in [2.45, 2.75) is 37.8 Å². The van der Waals surface area contributed by atoms with E-state index in [1.807, 2.05) is 37.5 Å². The van der Waals surface area contributed by atoms with E-state index in [2.05, 4.69) is 26.4 Å². The lowest BCUT2D eigenvalue weighted by molar-refractivity contribution is -0.0346. The molecule has 1 aliphatic heterocycles. The summed E-state index contributed by atoms with van der Waals surface area (Å²) in [5, 5.41) is 8.70. The number of aromatic nitrogens is 3. The lowest BCUT2D eigenvalue weighted by Gasteiger charge is -2.41. The predicted molar refractivity (Wildman–Crippen MR) is 138 cm³/mol. The Balaban J connectivity index is 1.43. The van der Waals surface area contributed by atoms with Gasteiger partial charge in [-0.3, -0.25) is 9.67 Å². The van der Waals surface area contributed by atoms with Crippen LogP contribution in [0.5, 0.6) is 0 Å². The third kappa shape index (κ3) is 4.75. The molecule has 0 saturated carbocycles. The molecular formula is C28H30F3N5O. The third-order valence-electron chi connectivity index (χ3n) is 7.39. The van der Waals surface area contributed by atoms with Crippen LogP contribution in [0.3, 0.4) is 0 Å². The third-order valence-corrected chi connectivity index (χ3v) is 7.39. The van der Waals surface area contributed by atoms with Crippen molar-refractivity contribution in [3.63, 3.8) is 0 Å². The van der Waals surface area contributed by atoms with E-state index in [1.165, 1.54) is 12.1 Å². The highest BCUT2D eigenvalue weighted by molar-refractivity contribution is 5.91. The molecule has 0 aliphatic carbocycles. The first kappa shape index (κ1) is 25.1. The van der Waals surface area contributed by atoms with Gasteiger partial charge in [0.15, 0.2) is 5.82 Å². The van der Waals surface area contributed by atoms with Crippen LogP contribution >= 0.6 is 0 Å². The van der Waals surface area contributed by atoms with Gasteiger partial charge in [0.1, 0.15) is 5.82 Å². The number of pyridine rings is 1. The summed E-state index contributed by atoms with van der Waals surface area (Å²) in [5.41, 5.74) is 1.70. The zero-order valence-electron chi connectivity index (χ0n) is 21.1. The van der Waals surface area contributed by atoms with Gasteiger partial charge in [-0.05, 0) is 43.5 Å². The minimum absolute atomic E-state index is 0.189. The Hall–Kier alpha value is -3.59. The van der Waals surface area contributed by atoms with Crippen LogP contribution in [0.15, 0.2) is 60.9 Å². The number of fused-ring (bicyclic) bond motifs is 1. The average molecular weight is 510 g/mol. The van der Waals surface area contributed by atoms with Gasteiger partial charge in [0, 0.05) is 62.3 Å². The van der Waals surface area contributed by atoms with E-state index in [0.717, 1.165) is 60.0 Å². The van der Waals surface area contributed by atoms with Gasteiger partial charge in [-0.1, -0.05) is 24.3 Å². The Morgan fingerprint density at radius 3 is 2.49 bits per heavy atom. The molecule has 0 unspecified atom stereocenters. The molecule has 1 saturated heterocycles. The van der Waals surface area contributed by atoms with Gasteiger partial charge in [0.25, 0.3) is 6.43 Å². The molecule has 1 fully saturated rings. The van der Waals surface area contributed by atoms with E-state index in [0.29, 0.717) is 0 Å². The maximum atomic E-state index is 14.8. The molecule has 194 valence electrons. The number of alkyl halides is 2. The highest BCUT2D eigenvalue weighted by Gasteiger charge is 2.37. The molecule has 37 heavy (non-hydrogen) atoms. The minimum Gasteiger partial charge on any atom is -0.378 e. The number of rotatable bonds is 7. The van der Waals surface area contributed by atoms with Crippen LogP contribution in [0.2, 0.25) is 0 Å². The first-order valence-corrected chi connectivity index (χ1v) is 12.3. The quantitative estimate of drug-likeness (QED) is 0.314. The van der Waals surface area contributed by atoms with Crippen molar-refractivity contribution in [2.24, 2.45) is 7.05 Å². The number of benzene rings is 2. The number of nitrogens with one attached hydrogen (secondary N) is 1. The van der Waals surface area contributed by atoms with E-state index in [9.17, 15) is 13.2 Å². The molecule has 1 N–H and O–H groups in total. The van der Waals surface area contributed by atoms with Gasteiger partial charge in [-0.15, -0.1) is 0 Å². The van der Waals surface area contributed by atoms with Gasteiger partial charge in [-0.2, -0.15) is 5.10 Å². The summed E-state index contributed by atoms with van der Waals surface area (Å²) in [6, 6.07) is 13.5. The first-order valence-electron chi connectivity index (χ1n) is 12.3. The summed E-state index contributed by atoms with van der Waals surface area (Å²) in [4.78, 5) is 6.75. The lowest BCUT2D eigenvalue weighted by atomic mass is 9.83. The van der Waals surface area contributed by atoms with Crippen molar-refractivity contribution in [3.05, 3.63) is 83.4 Å². The Morgan fingerprint density at radius 1 is 1.05 bits per heavy atom. The zero-order valence-corrected chi connectivity index (χ0v) is 21.1. The molecule has 5 rings (SSSR count). The molecule has 3 heterocycles. The number of methoxy groups -OCH3 is 1. The van der Waals surface area contributed by atoms with Gasteiger partial charge < -0.3 is 15.0 Å². The summed E-state index contributed by atoms with van der Waals surface area (Å²) >= 11 is 0. The normalized spacial score (nSPS) is 16.4. The van der Waals surface area contributed by atoms with Crippen LogP contribution in [0, 0.1) is 5.82 Å². The van der Waals surface area contributed by atoms with E-state index in [4.69, 9.17) is 4.74 Å². The van der Waals surface area contributed by atoms with Crippen molar-refractivity contribution in [3.8, 4) is 0 Å². The number of nitrogens with zero attached hydrogens (tertiary/aromatic N) is 4. The topological polar surface area (TPSA) is 55.2 Å². The van der Waals surface area contributed by atoms with Crippen molar-refractivity contribution in [1.29, 1.82) is 0 Å². The van der Waals surface area contributed by atoms with Crippen molar-refractivity contribution < 1.29 is 17.9 Å². The largest absolute Gasteiger partial charge is 0.378 e. The molecule has 6 nitrogen and oxygen atoms in total. The number of hydrogen-bond donors (Lipinski definition) is 1. The SMILES string of the molecule is COC1(c2ccc3nccc(N[C@H](C)c4cccc(C(F)F)c4F)c3c2)CCN(c2ccn(C)n2)CC1. The number of anilines is 2. The van der Waals surface area contributed by atoms with Crippen LogP contribution in [-0.2, 0) is 17.4 Å². The molecule has 9 heteroatoms. The Morgan fingerprint density at radius 2 is 1.81 bits per heavy atom. The molecule has 2 aromatic heterocycles. The summed E-state index contributed by atoms with van der Waals surface area (Å²) < 4.78 is 49.2. The van der Waals surface area contributed by atoms with Gasteiger partial charge in [-0.25, -0.2) is 13.2 Å². The second kappa shape index (κ2) is 10.0. The number of aryl methyl sites for hydroxylation is 1. The molecule has 1 aliphatic rings. The van der Waals surface area contributed by atoms with Crippen LogP contribution in [0.1, 0.15) is 48.9 Å². The van der Waals surface area contributed by atoms with Crippen LogP contribution in [-0.4, -0.2) is 35.0 Å². The predicted octanol–water partition coefficient (Wildman–Crippen LogP) is 6.36. The summed E-state index contributed by atoms with van der Waals surface area (Å²) in [6.07, 6.45) is 2.33. The zero-order chi connectivity index (χ0) is 26.2. The van der Waals surface area contributed by atoms with E-state index >= 15 is 0 Å². The van der Waals surface area contributed by atoms with E-state index in [-0.39, 0.29) is 5.56 Å². The molecule has 0 bridgehead atoms. The van der Waals surface area contributed by atoms with Crippen molar-refractivity contribution in [1.82, 2.24) is 14.8 Å². The monoisotopic (exact) mass is 509 g/mol. The van der Waals surface area contributed by atoms with Gasteiger partial charge >= 0.3 is 0 Å². The summed E-state index contributed by atoms with van der Waals surface area (Å²) in [5.74, 6) is 0.0769. The second-order valence-electron chi connectivity index (χ2n) is 9.54. The first-order chi connectivity index (χ1) is 17.8. The fourth-order valence-electron chi connectivity index (χ4n) is 5.22. The molecule has 0 radical (unpaired) electrons. The van der Waals surface area contributed by atoms with Gasteiger partial charge in [0.05, 0.1) is 22.7 Å². The van der Waals surface area contributed by atoms with Gasteiger partial charge in [0.2, 0.25) is 0 Å². The van der Waals surface area contributed by atoms with Crippen molar-refractivity contribution in [2.75, 3.05) is 30.4 Å². The smallest absolute Gasteiger partial charge is 0.266 e. The Bertz CT molecular complexity index is 1400. The van der Waals surface area contributed by atoms with Crippen LogP contribution < -0.4 is 10.2 Å². The lowest BCUT2D eigenvalue weighted by Crippen LogP contribution is -2.44. The van der Waals surface area contributed by atoms with E-state index in [1.54, 1.807) is 24.9 Å². The number of piperidine rings is 1. The fourth-order valence-corrected chi connectivity index (χ4v) is 5.22. The standard InChI is InChI=1S/C28H30F3N5O/c1-18(20-5-4-6-21(26(20)29)27(30)31)33-24-9-13-32-23-8-7-19(17-22(23)24)28(37-3)11-15-36(16-12-28)25-10-14-35(2)34-25/h4-10,13-14,17-18,27H,11-12,15-16H2,1-3H3,(H,32,33)/t18-/m1/s1. The summed E-state index contributed by atoms with van der Waals surface area (Å²) in [6.45, 7) is 3.36. The van der Waals surface area contributed by atoms with Crippen LogP contribution in [0.25, 0.3) is 10.9 Å². The molecule has 2 aromatic carbocycles. The Labute approximate surface area is 214 Å². The summed E-state index contributed by atoms with van der Waals surface area (Å²) in [7, 11) is 3.65. The average Bonchev–Trinajstić information content (AvgIpc) is 3.34. The van der Waals surface area contributed by atoms with Crippen LogP contribution in [0.4, 0.5) is 24.7 Å². The molecule has 0 spiro atoms. The maximum absolute atomic E-state index is 14.8. The number of ether oxygens (including phenoxy) is 1. The highest BCUT2D eigenvalue weighted by atomic mass is 19.3. The number of hydrogen-bond acceptors (Lipinski definition) is 5. The molecule has 4 aromatic rings. The Kier molecular flexibility index (Phi) is 6.81. The molecule has 0 amide bonds. The number of halogens is 3. The molecule has 1 atom stereocenters. The molecular weight excluding hydrogens is 479 g/mol. The highest BCUT2D eigenvalue weighted by Crippen LogP contribution is 2.39.